The third-order valence-electron chi connectivity index (χ3n) is 3.05. The maximum atomic E-state index is 11.6. The summed E-state index contributed by atoms with van der Waals surface area (Å²) in [6.07, 6.45) is 3.71. The lowest BCUT2D eigenvalue weighted by molar-refractivity contribution is -0.138. The molecule has 0 amide bonds. The summed E-state index contributed by atoms with van der Waals surface area (Å²) in [4.78, 5) is 16.0. The molecule has 0 aliphatic heterocycles. The highest BCUT2D eigenvalue weighted by molar-refractivity contribution is 7.19. The molecule has 0 radical (unpaired) electrons. The number of hydrogen-bond acceptors (Lipinski definition) is 4. The molecule has 1 fully saturated rings. The lowest BCUT2D eigenvalue weighted by Gasteiger charge is -2.00. The van der Waals surface area contributed by atoms with Crippen LogP contribution in [0.2, 0.25) is 0 Å². The van der Waals surface area contributed by atoms with Crippen molar-refractivity contribution < 1.29 is 9.53 Å². The van der Waals surface area contributed by atoms with Gasteiger partial charge in [0.05, 0.1) is 16.8 Å². The number of benzene rings is 1. The Bertz CT molecular complexity index is 648. The minimum absolute atomic E-state index is 0.0469. The van der Waals surface area contributed by atoms with E-state index >= 15 is 0 Å². The van der Waals surface area contributed by atoms with Crippen LogP contribution in [0.4, 0.5) is 0 Å². The number of halogens is 2. The molecule has 1 aliphatic rings. The van der Waals surface area contributed by atoms with Crippen LogP contribution < -0.4 is 0 Å². The van der Waals surface area contributed by atoms with Crippen molar-refractivity contribution in [1.82, 2.24) is 4.98 Å². The molecule has 1 aromatic heterocycles. The topological polar surface area (TPSA) is 39.2 Å². The Kier molecular flexibility index (Phi) is 3.71. The molecule has 1 atom stereocenters. The van der Waals surface area contributed by atoms with E-state index in [-0.39, 0.29) is 12.5 Å². The van der Waals surface area contributed by atoms with Crippen LogP contribution in [0.25, 0.3) is 16.3 Å². The van der Waals surface area contributed by atoms with Crippen molar-refractivity contribution in [1.29, 1.82) is 0 Å². The number of carbonyl (C=O) groups is 1. The zero-order chi connectivity index (χ0) is 14.2. The van der Waals surface area contributed by atoms with E-state index in [2.05, 4.69) is 4.98 Å². The number of thiazole rings is 1. The van der Waals surface area contributed by atoms with Crippen LogP contribution in [0.15, 0.2) is 30.3 Å². The standard InChI is InChI=1S/C14H11Cl2NO2S/c15-14(16)7-9(14)8-19-13(18)6-5-12-17-10-3-1-2-4-11(10)20-12/h1-6,9H,7-8H2/b6-5+/t9-/m0/s1. The van der Waals surface area contributed by atoms with Crippen LogP contribution in [0.1, 0.15) is 11.4 Å². The average Bonchev–Trinajstić information content (AvgIpc) is 2.86. The molecule has 0 bridgehead atoms. The molecule has 3 nitrogen and oxygen atoms in total. The molecule has 1 saturated carbocycles. The van der Waals surface area contributed by atoms with Gasteiger partial charge in [0.2, 0.25) is 0 Å². The zero-order valence-electron chi connectivity index (χ0n) is 10.4. The molecule has 3 rings (SSSR count). The molecule has 0 saturated heterocycles. The fourth-order valence-electron chi connectivity index (χ4n) is 1.78. The number of rotatable bonds is 4. The van der Waals surface area contributed by atoms with Crippen molar-refractivity contribution >= 4 is 56.8 Å². The summed E-state index contributed by atoms with van der Waals surface area (Å²) in [5.41, 5.74) is 0.928. The highest BCUT2D eigenvalue weighted by atomic mass is 35.5. The number of para-hydroxylation sites is 1. The van der Waals surface area contributed by atoms with E-state index in [9.17, 15) is 4.79 Å². The van der Waals surface area contributed by atoms with Crippen LogP contribution in [-0.2, 0) is 9.53 Å². The molecule has 2 aromatic rings. The summed E-state index contributed by atoms with van der Waals surface area (Å²) in [6.45, 7) is 0.260. The van der Waals surface area contributed by atoms with E-state index in [4.69, 9.17) is 27.9 Å². The smallest absolute Gasteiger partial charge is 0.330 e. The van der Waals surface area contributed by atoms with E-state index < -0.39 is 10.3 Å². The normalized spacial score (nSPS) is 20.4. The van der Waals surface area contributed by atoms with Crippen molar-refractivity contribution in [2.75, 3.05) is 6.61 Å². The first-order chi connectivity index (χ1) is 9.54. The summed E-state index contributed by atoms with van der Waals surface area (Å²) >= 11 is 13.2. The maximum Gasteiger partial charge on any atom is 0.330 e. The third-order valence-corrected chi connectivity index (χ3v) is 4.98. The monoisotopic (exact) mass is 327 g/mol. The van der Waals surface area contributed by atoms with Gasteiger partial charge in [0.15, 0.2) is 0 Å². The number of alkyl halides is 2. The van der Waals surface area contributed by atoms with Gasteiger partial charge in [-0.25, -0.2) is 9.78 Å². The van der Waals surface area contributed by atoms with Crippen molar-refractivity contribution in [3.8, 4) is 0 Å². The fraction of sp³-hybridized carbons (Fsp3) is 0.286. The van der Waals surface area contributed by atoms with Gasteiger partial charge in [0.1, 0.15) is 9.34 Å². The number of nitrogens with zero attached hydrogens (tertiary/aromatic N) is 1. The zero-order valence-corrected chi connectivity index (χ0v) is 12.7. The Morgan fingerprint density at radius 1 is 1.50 bits per heavy atom. The summed E-state index contributed by atoms with van der Waals surface area (Å²) in [6, 6.07) is 7.83. The van der Waals surface area contributed by atoms with Gasteiger partial charge in [-0.15, -0.1) is 34.5 Å². The second kappa shape index (κ2) is 5.35. The molecule has 0 N–H and O–H groups in total. The first-order valence-corrected chi connectivity index (χ1v) is 7.70. The molecule has 1 aliphatic carbocycles. The van der Waals surface area contributed by atoms with Crippen molar-refractivity contribution in [2.45, 2.75) is 10.8 Å². The highest BCUT2D eigenvalue weighted by Gasteiger charge is 2.52. The van der Waals surface area contributed by atoms with Crippen LogP contribution in [0, 0.1) is 5.92 Å². The minimum Gasteiger partial charge on any atom is -0.462 e. The lowest BCUT2D eigenvalue weighted by Crippen LogP contribution is -2.06. The SMILES string of the molecule is O=C(/C=C/c1nc2ccccc2s1)OC[C@@H]1CC1(Cl)Cl. The molecule has 1 aromatic carbocycles. The van der Waals surface area contributed by atoms with Crippen LogP contribution in [-0.4, -0.2) is 21.9 Å². The Balaban J connectivity index is 1.57. The fourth-order valence-corrected chi connectivity index (χ4v) is 3.15. The van der Waals surface area contributed by atoms with E-state index in [1.54, 1.807) is 6.08 Å². The molecular weight excluding hydrogens is 317 g/mol. The van der Waals surface area contributed by atoms with Crippen LogP contribution in [0.5, 0.6) is 0 Å². The Morgan fingerprint density at radius 3 is 2.95 bits per heavy atom. The second-order valence-corrected chi connectivity index (χ2v) is 7.25. The van der Waals surface area contributed by atoms with Gasteiger partial charge in [-0.3, -0.25) is 0 Å². The first kappa shape index (κ1) is 13.9. The van der Waals surface area contributed by atoms with Crippen molar-refractivity contribution in [3.63, 3.8) is 0 Å². The van der Waals surface area contributed by atoms with E-state index in [0.717, 1.165) is 15.2 Å². The third kappa shape index (κ3) is 3.14. The molecule has 104 valence electrons. The molecule has 1 heterocycles. The van der Waals surface area contributed by atoms with Crippen LogP contribution in [0.3, 0.4) is 0 Å². The lowest BCUT2D eigenvalue weighted by atomic mass is 10.3. The van der Waals surface area contributed by atoms with Gasteiger partial charge in [0.25, 0.3) is 0 Å². The van der Waals surface area contributed by atoms with Gasteiger partial charge in [0, 0.05) is 12.0 Å². The predicted octanol–water partition coefficient (Wildman–Crippen LogP) is 4.05. The Labute approximate surface area is 130 Å². The van der Waals surface area contributed by atoms with E-state index in [1.807, 2.05) is 24.3 Å². The minimum atomic E-state index is -0.711. The number of fused-ring (bicyclic) bond motifs is 1. The van der Waals surface area contributed by atoms with Crippen molar-refractivity contribution in [2.24, 2.45) is 5.92 Å². The van der Waals surface area contributed by atoms with Crippen LogP contribution >= 0.6 is 34.5 Å². The van der Waals surface area contributed by atoms with Crippen molar-refractivity contribution in [3.05, 3.63) is 35.3 Å². The molecule has 0 spiro atoms. The summed E-state index contributed by atoms with van der Waals surface area (Å²) in [5, 5.41) is 0.776. The second-order valence-electron chi connectivity index (χ2n) is 4.65. The summed E-state index contributed by atoms with van der Waals surface area (Å²) in [5.74, 6) is -0.356. The van der Waals surface area contributed by atoms with Gasteiger partial charge in [-0.2, -0.15) is 0 Å². The number of carbonyl (C=O) groups excluding carboxylic acids is 1. The predicted molar refractivity (Wildman–Crippen MR) is 82.2 cm³/mol. The van der Waals surface area contributed by atoms with E-state index in [0.29, 0.717) is 6.42 Å². The average molecular weight is 328 g/mol. The van der Waals surface area contributed by atoms with Gasteiger partial charge >= 0.3 is 5.97 Å². The molecule has 0 unspecified atom stereocenters. The maximum absolute atomic E-state index is 11.6. The quantitative estimate of drug-likeness (QED) is 0.483. The number of aromatic nitrogens is 1. The first-order valence-electron chi connectivity index (χ1n) is 6.13. The Hall–Kier alpha value is -1.10. The molecular formula is C14H11Cl2NO2S. The van der Waals surface area contributed by atoms with Gasteiger partial charge < -0.3 is 4.74 Å². The van der Waals surface area contributed by atoms with Gasteiger partial charge in [-0.05, 0) is 24.6 Å². The summed E-state index contributed by atoms with van der Waals surface area (Å²) in [7, 11) is 0. The number of esters is 1. The largest absolute Gasteiger partial charge is 0.462 e. The highest BCUT2D eigenvalue weighted by Crippen LogP contribution is 2.53. The molecule has 20 heavy (non-hydrogen) atoms. The number of ether oxygens (including phenoxy) is 1. The number of hydrogen-bond donors (Lipinski definition) is 0. The molecule has 6 heteroatoms. The van der Waals surface area contributed by atoms with Gasteiger partial charge in [-0.1, -0.05) is 12.1 Å². The Morgan fingerprint density at radius 2 is 2.25 bits per heavy atom. The van der Waals surface area contributed by atoms with E-state index in [1.165, 1.54) is 17.4 Å². The summed E-state index contributed by atoms with van der Waals surface area (Å²) < 4.78 is 5.46.